The predicted molar refractivity (Wildman–Crippen MR) is 55.1 cm³/mol. The topological polar surface area (TPSA) is 68.9 Å². The second kappa shape index (κ2) is 5.14. The van der Waals surface area contributed by atoms with Gasteiger partial charge in [-0.25, -0.2) is 0 Å². The SMILES string of the molecule is O=c1cc(CO)occ1OC1CCCCO1. The van der Waals surface area contributed by atoms with Crippen LogP contribution in [0.15, 0.2) is 21.5 Å². The molecule has 1 aromatic rings. The highest BCUT2D eigenvalue weighted by molar-refractivity contribution is 5.17. The van der Waals surface area contributed by atoms with Crippen LogP contribution in [0.25, 0.3) is 0 Å². The molecule has 0 amide bonds. The molecule has 5 heteroatoms. The zero-order valence-corrected chi connectivity index (χ0v) is 8.85. The van der Waals surface area contributed by atoms with Crippen LogP contribution in [0.4, 0.5) is 0 Å². The highest BCUT2D eigenvalue weighted by Crippen LogP contribution is 2.16. The molecule has 0 bridgehead atoms. The molecule has 1 aromatic heterocycles. The van der Waals surface area contributed by atoms with E-state index in [4.69, 9.17) is 19.0 Å². The maximum atomic E-state index is 11.5. The average Bonchev–Trinajstić information content (AvgIpc) is 2.33. The van der Waals surface area contributed by atoms with Crippen LogP contribution >= 0.6 is 0 Å². The summed E-state index contributed by atoms with van der Waals surface area (Å²) in [5.74, 6) is 0.353. The summed E-state index contributed by atoms with van der Waals surface area (Å²) in [5, 5.41) is 8.78. The lowest BCUT2D eigenvalue weighted by Crippen LogP contribution is -2.27. The van der Waals surface area contributed by atoms with Crippen molar-refractivity contribution in [3.63, 3.8) is 0 Å². The fraction of sp³-hybridized carbons (Fsp3) is 0.545. The molecule has 0 saturated carbocycles. The van der Waals surface area contributed by atoms with Crippen LogP contribution in [0, 0.1) is 0 Å². The number of aliphatic hydroxyl groups is 1. The van der Waals surface area contributed by atoms with Crippen molar-refractivity contribution in [3.05, 3.63) is 28.3 Å². The Hall–Kier alpha value is -1.33. The molecule has 5 nitrogen and oxygen atoms in total. The van der Waals surface area contributed by atoms with Crippen molar-refractivity contribution in [2.45, 2.75) is 32.2 Å². The second-order valence-electron chi connectivity index (χ2n) is 3.65. The monoisotopic (exact) mass is 226 g/mol. The molecule has 1 saturated heterocycles. The number of ether oxygens (including phenoxy) is 2. The van der Waals surface area contributed by atoms with Gasteiger partial charge in [0.1, 0.15) is 18.6 Å². The Labute approximate surface area is 92.6 Å². The molecule has 1 aliphatic heterocycles. The lowest BCUT2D eigenvalue weighted by molar-refractivity contribution is -0.107. The van der Waals surface area contributed by atoms with E-state index in [9.17, 15) is 4.79 Å². The molecule has 0 aromatic carbocycles. The van der Waals surface area contributed by atoms with Gasteiger partial charge in [-0.1, -0.05) is 0 Å². The van der Waals surface area contributed by atoms with Gasteiger partial charge in [0, 0.05) is 12.5 Å². The lowest BCUT2D eigenvalue weighted by Gasteiger charge is -2.22. The molecule has 1 fully saturated rings. The van der Waals surface area contributed by atoms with E-state index >= 15 is 0 Å². The van der Waals surface area contributed by atoms with Gasteiger partial charge in [0.05, 0.1) is 6.61 Å². The molecule has 2 heterocycles. The van der Waals surface area contributed by atoms with E-state index < -0.39 is 0 Å². The maximum absolute atomic E-state index is 11.5. The van der Waals surface area contributed by atoms with E-state index in [-0.39, 0.29) is 29.8 Å². The molecule has 1 atom stereocenters. The average molecular weight is 226 g/mol. The van der Waals surface area contributed by atoms with Gasteiger partial charge in [-0.05, 0) is 12.8 Å². The molecule has 1 aliphatic rings. The normalized spacial score (nSPS) is 20.7. The molecule has 0 spiro atoms. The second-order valence-corrected chi connectivity index (χ2v) is 3.65. The van der Waals surface area contributed by atoms with Gasteiger partial charge in [-0.2, -0.15) is 0 Å². The van der Waals surface area contributed by atoms with E-state index in [0.717, 1.165) is 19.3 Å². The Balaban J connectivity index is 2.06. The molecule has 1 N–H and O–H groups in total. The first-order chi connectivity index (χ1) is 7.79. The van der Waals surface area contributed by atoms with E-state index in [0.29, 0.717) is 6.61 Å². The van der Waals surface area contributed by atoms with E-state index in [1.165, 1.54) is 12.3 Å². The van der Waals surface area contributed by atoms with Gasteiger partial charge in [0.15, 0.2) is 6.29 Å². The molecule has 0 aliphatic carbocycles. The standard InChI is InChI=1S/C11H14O5/c12-6-8-5-9(13)10(7-15-8)16-11-3-1-2-4-14-11/h5,7,11-12H,1-4,6H2. The molecule has 16 heavy (non-hydrogen) atoms. The Bertz CT molecular complexity index is 392. The van der Waals surface area contributed by atoms with Crippen LogP contribution in [-0.2, 0) is 11.3 Å². The molecular weight excluding hydrogens is 212 g/mol. The van der Waals surface area contributed by atoms with Gasteiger partial charge in [0.2, 0.25) is 11.2 Å². The Morgan fingerprint density at radius 3 is 3.00 bits per heavy atom. The zero-order valence-electron chi connectivity index (χ0n) is 8.85. The molecule has 88 valence electrons. The Kier molecular flexibility index (Phi) is 3.58. The summed E-state index contributed by atoms with van der Waals surface area (Å²) in [6.07, 6.45) is 3.69. The van der Waals surface area contributed by atoms with Gasteiger partial charge in [-0.3, -0.25) is 4.79 Å². The van der Waals surface area contributed by atoms with Crippen molar-refractivity contribution < 1.29 is 19.0 Å². The summed E-state index contributed by atoms with van der Waals surface area (Å²) in [7, 11) is 0. The number of rotatable bonds is 3. The third-order valence-electron chi connectivity index (χ3n) is 2.40. The predicted octanol–water partition coefficient (Wildman–Crippen LogP) is 1.04. The fourth-order valence-electron chi connectivity index (χ4n) is 1.55. The van der Waals surface area contributed by atoms with Crippen molar-refractivity contribution in [2.75, 3.05) is 6.61 Å². The minimum absolute atomic E-state index is 0.129. The number of hydrogen-bond donors (Lipinski definition) is 1. The highest BCUT2D eigenvalue weighted by Gasteiger charge is 2.17. The summed E-state index contributed by atoms with van der Waals surface area (Å²) >= 11 is 0. The molecule has 1 unspecified atom stereocenters. The number of aliphatic hydroxyl groups excluding tert-OH is 1. The van der Waals surface area contributed by atoms with Crippen LogP contribution in [-0.4, -0.2) is 18.0 Å². The maximum Gasteiger partial charge on any atom is 0.227 e. The summed E-state index contributed by atoms with van der Waals surface area (Å²) in [4.78, 5) is 11.5. The summed E-state index contributed by atoms with van der Waals surface area (Å²) < 4.78 is 15.7. The molecular formula is C11H14O5. The Morgan fingerprint density at radius 2 is 2.38 bits per heavy atom. The van der Waals surface area contributed by atoms with E-state index in [1.807, 2.05) is 0 Å². The van der Waals surface area contributed by atoms with Crippen LogP contribution < -0.4 is 10.2 Å². The van der Waals surface area contributed by atoms with Crippen LogP contribution in [0.5, 0.6) is 5.75 Å². The van der Waals surface area contributed by atoms with Gasteiger partial charge < -0.3 is 19.0 Å². The third kappa shape index (κ3) is 2.62. The third-order valence-corrected chi connectivity index (χ3v) is 2.40. The summed E-state index contributed by atoms with van der Waals surface area (Å²) in [5.41, 5.74) is -0.301. The zero-order chi connectivity index (χ0) is 11.4. The van der Waals surface area contributed by atoms with Crippen molar-refractivity contribution in [1.82, 2.24) is 0 Å². The van der Waals surface area contributed by atoms with Crippen LogP contribution in [0.2, 0.25) is 0 Å². The minimum atomic E-state index is -0.364. The van der Waals surface area contributed by atoms with Crippen molar-refractivity contribution in [1.29, 1.82) is 0 Å². The first-order valence-corrected chi connectivity index (χ1v) is 5.30. The van der Waals surface area contributed by atoms with Crippen LogP contribution in [0.1, 0.15) is 25.0 Å². The fourth-order valence-corrected chi connectivity index (χ4v) is 1.55. The number of hydrogen-bond acceptors (Lipinski definition) is 5. The van der Waals surface area contributed by atoms with Crippen molar-refractivity contribution >= 4 is 0 Å². The van der Waals surface area contributed by atoms with Crippen LogP contribution in [0.3, 0.4) is 0 Å². The summed E-state index contributed by atoms with van der Waals surface area (Å²) in [6.45, 7) is 0.361. The van der Waals surface area contributed by atoms with E-state index in [2.05, 4.69) is 0 Å². The first-order valence-electron chi connectivity index (χ1n) is 5.30. The quantitative estimate of drug-likeness (QED) is 0.833. The molecule has 0 radical (unpaired) electrons. The lowest BCUT2D eigenvalue weighted by atomic mass is 10.2. The van der Waals surface area contributed by atoms with Gasteiger partial charge in [-0.15, -0.1) is 0 Å². The highest BCUT2D eigenvalue weighted by atomic mass is 16.7. The molecule has 2 rings (SSSR count). The summed E-state index contributed by atoms with van der Waals surface area (Å²) in [6, 6.07) is 1.22. The Morgan fingerprint density at radius 1 is 1.50 bits per heavy atom. The van der Waals surface area contributed by atoms with E-state index in [1.54, 1.807) is 0 Å². The smallest absolute Gasteiger partial charge is 0.227 e. The largest absolute Gasteiger partial charge is 0.463 e. The van der Waals surface area contributed by atoms with Gasteiger partial charge >= 0.3 is 0 Å². The minimum Gasteiger partial charge on any atom is -0.463 e. The van der Waals surface area contributed by atoms with Gasteiger partial charge in [0.25, 0.3) is 0 Å². The van der Waals surface area contributed by atoms with Crippen molar-refractivity contribution in [3.8, 4) is 5.75 Å². The first kappa shape index (κ1) is 11.2. The van der Waals surface area contributed by atoms with Crippen molar-refractivity contribution in [2.24, 2.45) is 0 Å².